The standard InChI is InChI=1S/C24H28N2O4/c27-23(28)22(12-7-15-26-13-5-6-14-26)25-24(29)30-16-21-19-10-3-1-8-17(19)18-9-2-4-11-20(18)21/h1-4,8-11,21-22H,5-7,12-16H2,(H,25,29)(H,27,28). The molecule has 0 aromatic heterocycles. The van der Waals surface area contributed by atoms with Gasteiger partial charge in [0.05, 0.1) is 0 Å². The van der Waals surface area contributed by atoms with Gasteiger partial charge in [0.2, 0.25) is 0 Å². The number of hydrogen-bond donors (Lipinski definition) is 2. The lowest BCUT2D eigenvalue weighted by molar-refractivity contribution is -0.139. The lowest BCUT2D eigenvalue weighted by Crippen LogP contribution is -2.41. The Morgan fingerprint density at radius 3 is 2.23 bits per heavy atom. The summed E-state index contributed by atoms with van der Waals surface area (Å²) < 4.78 is 5.48. The molecule has 6 heteroatoms. The largest absolute Gasteiger partial charge is 0.480 e. The molecule has 6 nitrogen and oxygen atoms in total. The van der Waals surface area contributed by atoms with E-state index in [0.29, 0.717) is 6.42 Å². The quantitative estimate of drug-likeness (QED) is 0.694. The summed E-state index contributed by atoms with van der Waals surface area (Å²) in [5.41, 5.74) is 4.58. The second kappa shape index (κ2) is 9.30. The molecule has 1 amide bonds. The number of benzene rings is 2. The second-order valence-electron chi connectivity index (χ2n) is 8.05. The van der Waals surface area contributed by atoms with E-state index < -0.39 is 18.1 Å². The van der Waals surface area contributed by atoms with Crippen molar-refractivity contribution in [1.29, 1.82) is 0 Å². The van der Waals surface area contributed by atoms with Crippen LogP contribution in [-0.4, -0.2) is 54.4 Å². The van der Waals surface area contributed by atoms with Gasteiger partial charge in [-0.15, -0.1) is 0 Å². The van der Waals surface area contributed by atoms with Crippen LogP contribution in [0.4, 0.5) is 4.79 Å². The van der Waals surface area contributed by atoms with E-state index in [4.69, 9.17) is 4.74 Å². The molecule has 0 radical (unpaired) electrons. The number of alkyl carbamates (subject to hydrolysis) is 1. The Balaban J connectivity index is 1.33. The molecule has 0 spiro atoms. The third kappa shape index (κ3) is 4.49. The van der Waals surface area contributed by atoms with Crippen molar-refractivity contribution < 1.29 is 19.4 Å². The molecule has 0 saturated carbocycles. The van der Waals surface area contributed by atoms with Crippen LogP contribution in [0.5, 0.6) is 0 Å². The molecule has 1 unspecified atom stereocenters. The Labute approximate surface area is 176 Å². The van der Waals surface area contributed by atoms with Crippen molar-refractivity contribution in [1.82, 2.24) is 10.2 Å². The zero-order valence-corrected chi connectivity index (χ0v) is 17.0. The number of likely N-dealkylation sites (tertiary alicyclic amines) is 1. The molecular formula is C24H28N2O4. The van der Waals surface area contributed by atoms with E-state index in [0.717, 1.165) is 48.3 Å². The van der Waals surface area contributed by atoms with E-state index in [-0.39, 0.29) is 12.5 Å². The topological polar surface area (TPSA) is 78.9 Å². The van der Waals surface area contributed by atoms with Crippen LogP contribution in [0.3, 0.4) is 0 Å². The maximum atomic E-state index is 12.4. The highest BCUT2D eigenvalue weighted by Gasteiger charge is 2.29. The molecule has 2 aromatic carbocycles. The molecule has 4 rings (SSSR count). The fourth-order valence-corrected chi connectivity index (χ4v) is 4.56. The first-order valence-electron chi connectivity index (χ1n) is 10.7. The Morgan fingerprint density at radius 1 is 1.03 bits per heavy atom. The van der Waals surface area contributed by atoms with Crippen LogP contribution in [-0.2, 0) is 9.53 Å². The van der Waals surface area contributed by atoms with Gasteiger partial charge in [-0.05, 0) is 67.6 Å². The van der Waals surface area contributed by atoms with Gasteiger partial charge in [0.1, 0.15) is 12.6 Å². The maximum Gasteiger partial charge on any atom is 0.407 e. The zero-order valence-electron chi connectivity index (χ0n) is 17.0. The minimum absolute atomic E-state index is 0.0402. The number of aliphatic carboxylic acids is 1. The first kappa shape index (κ1) is 20.4. The van der Waals surface area contributed by atoms with E-state index >= 15 is 0 Å². The summed E-state index contributed by atoms with van der Waals surface area (Å²) in [5, 5.41) is 12.0. The highest BCUT2D eigenvalue weighted by atomic mass is 16.5. The van der Waals surface area contributed by atoms with E-state index in [1.807, 2.05) is 24.3 Å². The van der Waals surface area contributed by atoms with Gasteiger partial charge in [0.25, 0.3) is 0 Å². The minimum Gasteiger partial charge on any atom is -0.480 e. The number of carboxylic acid groups (broad SMARTS) is 1. The van der Waals surface area contributed by atoms with Gasteiger partial charge in [-0.1, -0.05) is 48.5 Å². The van der Waals surface area contributed by atoms with Gasteiger partial charge >= 0.3 is 12.1 Å². The van der Waals surface area contributed by atoms with Crippen molar-refractivity contribution in [3.63, 3.8) is 0 Å². The average molecular weight is 408 g/mol. The fraction of sp³-hybridized carbons (Fsp3) is 0.417. The number of nitrogens with zero attached hydrogens (tertiary/aromatic N) is 1. The van der Waals surface area contributed by atoms with Crippen LogP contribution in [0.2, 0.25) is 0 Å². The number of hydrogen-bond acceptors (Lipinski definition) is 4. The first-order chi connectivity index (χ1) is 14.6. The van der Waals surface area contributed by atoms with Crippen molar-refractivity contribution >= 4 is 12.1 Å². The molecule has 2 N–H and O–H groups in total. The summed E-state index contributed by atoms with van der Waals surface area (Å²) in [5.74, 6) is -1.06. The second-order valence-corrected chi connectivity index (χ2v) is 8.05. The molecule has 1 heterocycles. The van der Waals surface area contributed by atoms with Gasteiger partial charge in [-0.2, -0.15) is 0 Å². The molecule has 1 fully saturated rings. The van der Waals surface area contributed by atoms with Gasteiger partial charge in [0.15, 0.2) is 0 Å². The SMILES string of the molecule is O=C(NC(CCCN1CCCC1)C(=O)O)OCC1c2ccccc2-c2ccccc21. The number of rotatable bonds is 8. The lowest BCUT2D eigenvalue weighted by Gasteiger charge is -2.19. The molecule has 1 aliphatic carbocycles. The number of ether oxygens (including phenoxy) is 1. The van der Waals surface area contributed by atoms with E-state index in [9.17, 15) is 14.7 Å². The molecular weight excluding hydrogens is 380 g/mol. The number of amides is 1. The normalized spacial score (nSPS) is 16.7. The van der Waals surface area contributed by atoms with Crippen LogP contribution in [0.25, 0.3) is 11.1 Å². The molecule has 2 aliphatic rings. The number of fused-ring (bicyclic) bond motifs is 3. The summed E-state index contributed by atoms with van der Waals surface area (Å²) in [6.45, 7) is 3.21. The van der Waals surface area contributed by atoms with Crippen molar-refractivity contribution in [3.05, 3.63) is 59.7 Å². The highest BCUT2D eigenvalue weighted by molar-refractivity contribution is 5.81. The Bertz CT molecular complexity index is 862. The molecule has 30 heavy (non-hydrogen) atoms. The van der Waals surface area contributed by atoms with Crippen molar-refractivity contribution in [2.45, 2.75) is 37.6 Å². The monoisotopic (exact) mass is 408 g/mol. The summed E-state index contributed by atoms with van der Waals surface area (Å²) in [4.78, 5) is 26.3. The lowest BCUT2D eigenvalue weighted by atomic mass is 9.98. The smallest absolute Gasteiger partial charge is 0.407 e. The Morgan fingerprint density at radius 2 is 1.63 bits per heavy atom. The van der Waals surface area contributed by atoms with E-state index in [2.05, 4.69) is 34.5 Å². The van der Waals surface area contributed by atoms with Crippen LogP contribution in [0, 0.1) is 0 Å². The number of nitrogens with one attached hydrogen (secondary N) is 1. The Hall–Kier alpha value is -2.86. The molecule has 1 aliphatic heterocycles. The Kier molecular flexibility index (Phi) is 6.33. The van der Waals surface area contributed by atoms with Crippen molar-refractivity contribution in [2.24, 2.45) is 0 Å². The van der Waals surface area contributed by atoms with Crippen LogP contribution in [0.15, 0.2) is 48.5 Å². The predicted octanol–water partition coefficient (Wildman–Crippen LogP) is 3.85. The average Bonchev–Trinajstić information content (AvgIpc) is 3.38. The molecule has 1 saturated heterocycles. The van der Waals surface area contributed by atoms with Crippen molar-refractivity contribution in [2.75, 3.05) is 26.2 Å². The molecule has 158 valence electrons. The minimum atomic E-state index is -1.02. The van der Waals surface area contributed by atoms with Crippen LogP contribution >= 0.6 is 0 Å². The predicted molar refractivity (Wildman–Crippen MR) is 115 cm³/mol. The highest BCUT2D eigenvalue weighted by Crippen LogP contribution is 2.44. The third-order valence-corrected chi connectivity index (χ3v) is 6.10. The summed E-state index contributed by atoms with van der Waals surface area (Å²) in [7, 11) is 0. The van der Waals surface area contributed by atoms with Gasteiger partial charge in [-0.3, -0.25) is 0 Å². The maximum absolute atomic E-state index is 12.4. The molecule has 2 aromatic rings. The first-order valence-corrected chi connectivity index (χ1v) is 10.7. The zero-order chi connectivity index (χ0) is 20.9. The summed E-state index contributed by atoms with van der Waals surface area (Å²) in [6, 6.07) is 15.3. The van der Waals surface area contributed by atoms with Gasteiger partial charge in [-0.25, -0.2) is 9.59 Å². The number of carbonyl (C=O) groups excluding carboxylic acids is 1. The summed E-state index contributed by atoms with van der Waals surface area (Å²) in [6.07, 6.45) is 2.88. The fourth-order valence-electron chi connectivity index (χ4n) is 4.56. The van der Waals surface area contributed by atoms with Crippen LogP contribution in [0.1, 0.15) is 42.7 Å². The number of carbonyl (C=O) groups is 2. The van der Waals surface area contributed by atoms with E-state index in [1.165, 1.54) is 12.8 Å². The molecule has 0 bridgehead atoms. The van der Waals surface area contributed by atoms with E-state index in [1.54, 1.807) is 0 Å². The molecule has 1 atom stereocenters. The summed E-state index contributed by atoms with van der Waals surface area (Å²) >= 11 is 0. The van der Waals surface area contributed by atoms with Crippen LogP contribution < -0.4 is 5.32 Å². The van der Waals surface area contributed by atoms with Gasteiger partial charge in [0, 0.05) is 5.92 Å². The van der Waals surface area contributed by atoms with Gasteiger partial charge < -0.3 is 20.1 Å². The van der Waals surface area contributed by atoms with Crippen molar-refractivity contribution in [3.8, 4) is 11.1 Å². The third-order valence-electron chi connectivity index (χ3n) is 6.10. The number of carboxylic acids is 1.